The second kappa shape index (κ2) is 3.50. The number of hydrogen-bond acceptors (Lipinski definition) is 4. The van der Waals surface area contributed by atoms with Crippen molar-refractivity contribution in [3.05, 3.63) is 29.3 Å². The van der Waals surface area contributed by atoms with Crippen LogP contribution in [-0.2, 0) is 6.42 Å². The zero-order valence-electron chi connectivity index (χ0n) is 8.06. The Kier molecular flexibility index (Phi) is 2.18. The third kappa shape index (κ3) is 1.46. The first-order valence-corrected chi connectivity index (χ1v) is 4.32. The van der Waals surface area contributed by atoms with Gasteiger partial charge >= 0.3 is 5.89 Å². The maximum Gasteiger partial charge on any atom is 0.374 e. The number of aromatic nitrogens is 1. The topological polar surface area (TPSA) is 73.1 Å². The molecule has 2 rings (SSSR count). The molecule has 0 unspecified atom stereocenters. The van der Waals surface area contributed by atoms with Crippen LogP contribution in [0.1, 0.15) is 5.89 Å². The summed E-state index contributed by atoms with van der Waals surface area (Å²) in [6.45, 7) is 0. The molecular formula is C10H8N2O3. The fourth-order valence-corrected chi connectivity index (χ4v) is 1.35. The fourth-order valence-electron chi connectivity index (χ4n) is 1.35. The van der Waals surface area contributed by atoms with Crippen LogP contribution >= 0.6 is 0 Å². The van der Waals surface area contributed by atoms with Crippen LogP contribution in [0.25, 0.3) is 11.1 Å². The largest absolute Gasteiger partial charge is 0.616 e. The minimum absolute atomic E-state index is 0.0412. The van der Waals surface area contributed by atoms with E-state index in [2.05, 4.69) is 0 Å². The molecule has 0 aliphatic heterocycles. The third-order valence-corrected chi connectivity index (χ3v) is 2.07. The molecule has 0 amide bonds. The third-order valence-electron chi connectivity index (χ3n) is 2.07. The SMILES string of the molecule is COc1ccc2oc(CC#N)[n+]([O-])c2c1. The van der Waals surface area contributed by atoms with Gasteiger partial charge in [0.05, 0.1) is 19.2 Å². The van der Waals surface area contributed by atoms with E-state index in [1.807, 2.05) is 6.07 Å². The van der Waals surface area contributed by atoms with E-state index in [-0.39, 0.29) is 12.3 Å². The summed E-state index contributed by atoms with van der Waals surface area (Å²) in [7, 11) is 1.52. The lowest BCUT2D eigenvalue weighted by atomic mass is 10.3. The van der Waals surface area contributed by atoms with Gasteiger partial charge in [-0.1, -0.05) is 0 Å². The van der Waals surface area contributed by atoms with Crippen molar-refractivity contribution < 1.29 is 13.9 Å². The molecule has 1 aromatic carbocycles. The zero-order valence-corrected chi connectivity index (χ0v) is 8.06. The highest BCUT2D eigenvalue weighted by Crippen LogP contribution is 2.19. The van der Waals surface area contributed by atoms with E-state index < -0.39 is 0 Å². The summed E-state index contributed by atoms with van der Waals surface area (Å²) >= 11 is 0. The Morgan fingerprint density at radius 3 is 3.07 bits per heavy atom. The van der Waals surface area contributed by atoms with Gasteiger partial charge < -0.3 is 14.4 Å². The minimum atomic E-state index is -0.0412. The Morgan fingerprint density at radius 1 is 1.60 bits per heavy atom. The summed E-state index contributed by atoms with van der Waals surface area (Å²) in [5, 5.41) is 20.1. The normalized spacial score (nSPS) is 10.1. The van der Waals surface area contributed by atoms with Crippen molar-refractivity contribution in [3.63, 3.8) is 0 Å². The second-order valence-electron chi connectivity index (χ2n) is 2.96. The van der Waals surface area contributed by atoms with Gasteiger partial charge in [-0.15, -0.1) is 4.73 Å². The van der Waals surface area contributed by atoms with Crippen LogP contribution in [0.15, 0.2) is 22.6 Å². The van der Waals surface area contributed by atoms with Crippen molar-refractivity contribution in [2.75, 3.05) is 7.11 Å². The van der Waals surface area contributed by atoms with Crippen LogP contribution in [0, 0.1) is 16.5 Å². The Bertz CT molecular complexity index is 539. The molecule has 5 nitrogen and oxygen atoms in total. The average Bonchev–Trinajstić information content (AvgIpc) is 2.56. The molecule has 0 aliphatic carbocycles. The fraction of sp³-hybridized carbons (Fsp3) is 0.200. The quantitative estimate of drug-likeness (QED) is 0.543. The number of methoxy groups -OCH3 is 1. The molecule has 0 radical (unpaired) electrons. The second-order valence-corrected chi connectivity index (χ2v) is 2.96. The Hall–Kier alpha value is -2.22. The van der Waals surface area contributed by atoms with Crippen molar-refractivity contribution in [2.24, 2.45) is 0 Å². The van der Waals surface area contributed by atoms with Gasteiger partial charge in [-0.25, -0.2) is 0 Å². The molecule has 0 atom stereocenters. The van der Waals surface area contributed by atoms with Crippen molar-refractivity contribution >= 4 is 11.1 Å². The molecule has 0 fully saturated rings. The van der Waals surface area contributed by atoms with Crippen LogP contribution in [0.4, 0.5) is 0 Å². The average molecular weight is 204 g/mol. The Labute approximate surface area is 85.7 Å². The number of benzene rings is 1. The summed E-state index contributed by atoms with van der Waals surface area (Å²) in [6.07, 6.45) is -0.0412. The lowest BCUT2D eigenvalue weighted by Gasteiger charge is -1.96. The molecule has 1 heterocycles. The summed E-state index contributed by atoms with van der Waals surface area (Å²) in [4.78, 5) is 0. The monoisotopic (exact) mass is 204 g/mol. The predicted molar refractivity (Wildman–Crippen MR) is 51.0 cm³/mol. The molecular weight excluding hydrogens is 196 g/mol. The first-order chi connectivity index (χ1) is 7.26. The molecule has 76 valence electrons. The number of nitrogens with zero attached hydrogens (tertiary/aromatic N) is 2. The van der Waals surface area contributed by atoms with Gasteiger partial charge in [0.2, 0.25) is 5.58 Å². The molecule has 0 saturated heterocycles. The number of rotatable bonds is 2. The number of oxazole rings is 1. The van der Waals surface area contributed by atoms with E-state index in [0.717, 1.165) is 0 Å². The molecule has 0 aliphatic rings. The molecule has 2 aromatic rings. The van der Waals surface area contributed by atoms with Gasteiger partial charge in [0.25, 0.3) is 5.52 Å². The highest BCUT2D eigenvalue weighted by atomic mass is 16.5. The zero-order chi connectivity index (χ0) is 10.8. The number of ether oxygens (including phenoxy) is 1. The summed E-state index contributed by atoms with van der Waals surface area (Å²) in [6, 6.07) is 6.78. The first kappa shape index (κ1) is 9.34. The first-order valence-electron chi connectivity index (χ1n) is 4.32. The summed E-state index contributed by atoms with van der Waals surface area (Å²) in [5.74, 6) is 0.678. The molecule has 1 aromatic heterocycles. The van der Waals surface area contributed by atoms with Crippen LogP contribution in [0.5, 0.6) is 5.75 Å². The van der Waals surface area contributed by atoms with E-state index in [1.165, 1.54) is 7.11 Å². The van der Waals surface area contributed by atoms with Crippen molar-refractivity contribution in [2.45, 2.75) is 6.42 Å². The van der Waals surface area contributed by atoms with E-state index >= 15 is 0 Å². The van der Waals surface area contributed by atoms with Crippen LogP contribution in [0.2, 0.25) is 0 Å². The number of hydrogen-bond donors (Lipinski definition) is 0. The van der Waals surface area contributed by atoms with Crippen molar-refractivity contribution in [1.82, 2.24) is 0 Å². The molecule has 5 heteroatoms. The lowest BCUT2D eigenvalue weighted by molar-refractivity contribution is -0.592. The Morgan fingerprint density at radius 2 is 2.40 bits per heavy atom. The summed E-state index contributed by atoms with van der Waals surface area (Å²) in [5.41, 5.74) is 0.829. The van der Waals surface area contributed by atoms with E-state index in [9.17, 15) is 5.21 Å². The van der Waals surface area contributed by atoms with Crippen molar-refractivity contribution in [3.8, 4) is 11.8 Å². The summed E-state index contributed by atoms with van der Waals surface area (Å²) < 4.78 is 10.8. The molecule has 0 N–H and O–H groups in total. The van der Waals surface area contributed by atoms with Gasteiger partial charge in [-0.3, -0.25) is 0 Å². The maximum atomic E-state index is 11.6. The van der Waals surface area contributed by atoms with Gasteiger partial charge in [0.1, 0.15) is 5.75 Å². The maximum absolute atomic E-state index is 11.6. The van der Waals surface area contributed by atoms with Gasteiger partial charge in [-0.05, 0) is 12.1 Å². The number of nitriles is 1. The molecule has 0 bridgehead atoms. The highest BCUT2D eigenvalue weighted by Gasteiger charge is 2.17. The molecule has 0 spiro atoms. The lowest BCUT2D eigenvalue weighted by Crippen LogP contribution is -2.28. The van der Waals surface area contributed by atoms with E-state index in [1.54, 1.807) is 18.2 Å². The van der Waals surface area contributed by atoms with Gasteiger partial charge in [0, 0.05) is 0 Å². The van der Waals surface area contributed by atoms with Crippen LogP contribution in [-0.4, -0.2) is 7.11 Å². The smallest absolute Gasteiger partial charge is 0.374 e. The van der Waals surface area contributed by atoms with Gasteiger partial charge in [0.15, 0.2) is 6.42 Å². The standard InChI is InChI=1S/C10H8N2O3/c1-14-7-2-3-9-8(6-7)12(13)10(15-9)4-5-11/h2-3,6H,4H2,1H3. The highest BCUT2D eigenvalue weighted by molar-refractivity contribution is 5.71. The minimum Gasteiger partial charge on any atom is -0.616 e. The Balaban J connectivity index is 2.62. The van der Waals surface area contributed by atoms with Crippen LogP contribution in [0.3, 0.4) is 0 Å². The van der Waals surface area contributed by atoms with Crippen molar-refractivity contribution in [1.29, 1.82) is 5.26 Å². The molecule has 0 saturated carbocycles. The van der Waals surface area contributed by atoms with Gasteiger partial charge in [-0.2, -0.15) is 5.26 Å². The van der Waals surface area contributed by atoms with E-state index in [0.29, 0.717) is 21.6 Å². The van der Waals surface area contributed by atoms with Crippen LogP contribution < -0.4 is 9.47 Å². The predicted octanol–water partition coefficient (Wildman–Crippen LogP) is 1.14. The molecule has 15 heavy (non-hydrogen) atoms. The number of fused-ring (bicyclic) bond motifs is 1. The van der Waals surface area contributed by atoms with E-state index in [4.69, 9.17) is 14.4 Å².